The summed E-state index contributed by atoms with van der Waals surface area (Å²) < 4.78 is 9.03. The number of hydrogen-bond donors (Lipinski definition) is 0. The number of para-hydroxylation sites is 2. The summed E-state index contributed by atoms with van der Waals surface area (Å²) in [7, 11) is 0. The first-order valence-electron chi connectivity index (χ1n) is 16.7. The molecule has 3 nitrogen and oxygen atoms in total. The highest BCUT2D eigenvalue weighted by atomic mass is 16.3. The molecule has 0 atom stereocenters. The van der Waals surface area contributed by atoms with Crippen molar-refractivity contribution >= 4 is 71.6 Å². The molecule has 0 aliphatic rings. The highest BCUT2D eigenvalue weighted by Gasteiger charge is 2.19. The quantitative estimate of drug-likeness (QED) is 0.190. The molecule has 0 fully saturated rings. The summed E-state index contributed by atoms with van der Waals surface area (Å²) >= 11 is 0. The molecule has 0 aliphatic carbocycles. The van der Waals surface area contributed by atoms with Crippen LogP contribution >= 0.6 is 0 Å². The minimum absolute atomic E-state index is 0.870. The number of nitrogens with zero attached hydrogens (tertiary/aromatic N) is 2. The van der Waals surface area contributed by atoms with Crippen LogP contribution in [0.2, 0.25) is 0 Å². The van der Waals surface area contributed by atoms with E-state index < -0.39 is 0 Å². The van der Waals surface area contributed by atoms with Crippen LogP contribution in [0.1, 0.15) is 0 Å². The van der Waals surface area contributed by atoms with Gasteiger partial charge in [-0.2, -0.15) is 0 Å². The Morgan fingerprint density at radius 3 is 1.92 bits per heavy atom. The topological polar surface area (TPSA) is 21.3 Å². The van der Waals surface area contributed by atoms with Crippen LogP contribution in [0.15, 0.2) is 186 Å². The third-order valence-corrected chi connectivity index (χ3v) is 9.75. The van der Waals surface area contributed by atoms with Crippen LogP contribution in [0.5, 0.6) is 0 Å². The second-order valence-corrected chi connectivity index (χ2v) is 12.6. The van der Waals surface area contributed by atoms with E-state index in [0.717, 1.165) is 50.1 Å². The van der Waals surface area contributed by atoms with Crippen molar-refractivity contribution in [3.63, 3.8) is 0 Å². The third-order valence-electron chi connectivity index (χ3n) is 9.75. The molecular weight excluding hydrogens is 597 g/mol. The smallest absolute Gasteiger partial charge is 0.143 e. The average Bonchev–Trinajstić information content (AvgIpc) is 3.71. The minimum Gasteiger partial charge on any atom is -0.455 e. The molecule has 49 heavy (non-hydrogen) atoms. The van der Waals surface area contributed by atoms with Crippen molar-refractivity contribution in [3.8, 4) is 16.8 Å². The summed E-state index contributed by atoms with van der Waals surface area (Å²) in [6, 6.07) is 64.9. The van der Waals surface area contributed by atoms with Crippen LogP contribution in [0.4, 0.5) is 17.1 Å². The zero-order chi connectivity index (χ0) is 32.3. The molecule has 10 rings (SSSR count). The van der Waals surface area contributed by atoms with Gasteiger partial charge in [0.2, 0.25) is 0 Å². The van der Waals surface area contributed by atoms with Gasteiger partial charge in [0, 0.05) is 55.7 Å². The lowest BCUT2D eigenvalue weighted by atomic mass is 10.0. The van der Waals surface area contributed by atoms with Crippen molar-refractivity contribution in [1.82, 2.24) is 4.57 Å². The number of aromatic nitrogens is 1. The maximum absolute atomic E-state index is 6.67. The van der Waals surface area contributed by atoms with E-state index in [-0.39, 0.29) is 0 Å². The summed E-state index contributed by atoms with van der Waals surface area (Å²) in [5.41, 5.74) is 10.9. The Morgan fingerprint density at radius 1 is 0.388 bits per heavy atom. The number of fused-ring (bicyclic) bond motifs is 8. The first-order valence-corrected chi connectivity index (χ1v) is 16.7. The summed E-state index contributed by atoms with van der Waals surface area (Å²) in [6.45, 7) is 0. The van der Waals surface area contributed by atoms with E-state index in [9.17, 15) is 0 Å². The maximum Gasteiger partial charge on any atom is 0.143 e. The molecule has 0 saturated carbocycles. The van der Waals surface area contributed by atoms with E-state index in [1.54, 1.807) is 0 Å². The van der Waals surface area contributed by atoms with Crippen molar-refractivity contribution in [1.29, 1.82) is 0 Å². The monoisotopic (exact) mass is 626 g/mol. The Kier molecular flexibility index (Phi) is 6.18. The Bertz CT molecular complexity index is 2830. The largest absolute Gasteiger partial charge is 0.455 e. The van der Waals surface area contributed by atoms with Crippen molar-refractivity contribution in [2.45, 2.75) is 0 Å². The fourth-order valence-corrected chi connectivity index (χ4v) is 7.49. The van der Waals surface area contributed by atoms with Crippen LogP contribution in [-0.2, 0) is 0 Å². The first-order chi connectivity index (χ1) is 24.3. The number of furan rings is 1. The predicted molar refractivity (Wildman–Crippen MR) is 206 cm³/mol. The lowest BCUT2D eigenvalue weighted by Crippen LogP contribution is -2.10. The summed E-state index contributed by atoms with van der Waals surface area (Å²) in [4.78, 5) is 2.35. The van der Waals surface area contributed by atoms with Gasteiger partial charge in [-0.1, -0.05) is 109 Å². The number of hydrogen-bond acceptors (Lipinski definition) is 2. The molecule has 0 bridgehead atoms. The Labute approximate surface area is 283 Å². The van der Waals surface area contributed by atoms with E-state index in [4.69, 9.17) is 4.42 Å². The van der Waals surface area contributed by atoms with Gasteiger partial charge in [-0.15, -0.1) is 0 Å². The molecular formula is C46H30N2O. The van der Waals surface area contributed by atoms with Crippen molar-refractivity contribution < 1.29 is 4.42 Å². The fourth-order valence-electron chi connectivity index (χ4n) is 7.49. The molecule has 0 amide bonds. The van der Waals surface area contributed by atoms with Crippen LogP contribution in [0, 0.1) is 0 Å². The Hall–Kier alpha value is -6.58. The van der Waals surface area contributed by atoms with E-state index >= 15 is 0 Å². The van der Waals surface area contributed by atoms with Gasteiger partial charge in [0.15, 0.2) is 0 Å². The first kappa shape index (κ1) is 27.5. The zero-order valence-corrected chi connectivity index (χ0v) is 26.6. The fraction of sp³-hybridized carbons (Fsp3) is 0. The molecule has 2 heterocycles. The second kappa shape index (κ2) is 11.0. The number of anilines is 3. The molecule has 0 N–H and O–H groups in total. The molecule has 0 aliphatic heterocycles. The normalized spacial score (nSPS) is 11.7. The lowest BCUT2D eigenvalue weighted by molar-refractivity contribution is 0.672. The zero-order valence-electron chi connectivity index (χ0n) is 26.6. The molecule has 2 aromatic heterocycles. The van der Waals surface area contributed by atoms with Crippen LogP contribution in [-0.4, -0.2) is 4.57 Å². The second-order valence-electron chi connectivity index (χ2n) is 12.6. The molecule has 0 spiro atoms. The van der Waals surface area contributed by atoms with Crippen LogP contribution in [0.3, 0.4) is 0 Å². The van der Waals surface area contributed by atoms with E-state index in [0.29, 0.717) is 0 Å². The van der Waals surface area contributed by atoms with Gasteiger partial charge >= 0.3 is 0 Å². The molecule has 10 aromatic rings. The third kappa shape index (κ3) is 4.44. The Balaban J connectivity index is 1.21. The van der Waals surface area contributed by atoms with E-state index in [2.05, 4.69) is 191 Å². The molecule has 8 aromatic carbocycles. The van der Waals surface area contributed by atoms with E-state index in [1.165, 1.54) is 38.3 Å². The Morgan fingerprint density at radius 2 is 1.04 bits per heavy atom. The van der Waals surface area contributed by atoms with Gasteiger partial charge in [0.25, 0.3) is 0 Å². The molecule has 0 unspecified atom stereocenters. The minimum atomic E-state index is 0.870. The van der Waals surface area contributed by atoms with Crippen LogP contribution in [0.25, 0.3) is 71.3 Å². The SMILES string of the molecule is c1ccc(-c2cccc(N(c3ccc4c(c3)oc3c5ccccc5ccc43)c3ccc4c(c3)c3ccccc3n4-c3ccccc3)c2)cc1. The molecule has 230 valence electrons. The van der Waals surface area contributed by atoms with Gasteiger partial charge in [-0.25, -0.2) is 0 Å². The van der Waals surface area contributed by atoms with E-state index in [1.807, 2.05) is 0 Å². The van der Waals surface area contributed by atoms with Gasteiger partial charge < -0.3 is 13.9 Å². The lowest BCUT2D eigenvalue weighted by Gasteiger charge is -2.26. The van der Waals surface area contributed by atoms with Gasteiger partial charge in [-0.3, -0.25) is 0 Å². The molecule has 0 radical (unpaired) electrons. The number of benzene rings is 8. The maximum atomic E-state index is 6.67. The van der Waals surface area contributed by atoms with Gasteiger partial charge in [-0.05, 0) is 83.2 Å². The summed E-state index contributed by atoms with van der Waals surface area (Å²) in [5.74, 6) is 0. The highest BCUT2D eigenvalue weighted by Crippen LogP contribution is 2.43. The highest BCUT2D eigenvalue weighted by molar-refractivity contribution is 6.15. The summed E-state index contributed by atoms with van der Waals surface area (Å²) in [6.07, 6.45) is 0. The van der Waals surface area contributed by atoms with Gasteiger partial charge in [0.05, 0.1) is 11.0 Å². The molecule has 3 heteroatoms. The molecule has 0 saturated heterocycles. The van der Waals surface area contributed by atoms with Crippen molar-refractivity contribution in [3.05, 3.63) is 182 Å². The summed E-state index contributed by atoms with van der Waals surface area (Å²) in [5, 5.41) is 6.98. The average molecular weight is 627 g/mol. The van der Waals surface area contributed by atoms with Gasteiger partial charge in [0.1, 0.15) is 11.2 Å². The van der Waals surface area contributed by atoms with Crippen molar-refractivity contribution in [2.75, 3.05) is 4.90 Å². The standard InChI is InChI=1S/C46H30N2O/c1-3-12-31(13-4-1)33-15-11-18-35(28-33)47(37-23-26-40-41-25-22-32-14-7-8-19-38(32)46(41)49-45(40)30-37)36-24-27-44-42(29-36)39-20-9-10-21-43(39)48(44)34-16-5-2-6-17-34/h1-30H. The van der Waals surface area contributed by atoms with Crippen LogP contribution < -0.4 is 4.90 Å². The van der Waals surface area contributed by atoms with Crippen molar-refractivity contribution in [2.24, 2.45) is 0 Å². The predicted octanol–water partition coefficient (Wildman–Crippen LogP) is 13.0. The number of rotatable bonds is 5.